The Morgan fingerprint density at radius 2 is 1.96 bits per heavy atom. The Morgan fingerprint density at radius 1 is 1.15 bits per heavy atom. The Hall–Kier alpha value is -3.61. The molecule has 2 heterocycles. The standard InChI is InChI=1S/C19H15N3O4/c1-22-15-9-13(7-8-16(15)25-19(22)24)20-18(23)11-14-10-17(26-21-14)12-5-3-2-4-6-12/h2-10H,11H2,1H3,(H,20,23). The molecule has 26 heavy (non-hydrogen) atoms. The number of rotatable bonds is 4. The summed E-state index contributed by atoms with van der Waals surface area (Å²) < 4.78 is 11.8. The number of aryl methyl sites for hydroxylation is 1. The fourth-order valence-corrected chi connectivity index (χ4v) is 2.71. The van der Waals surface area contributed by atoms with E-state index in [1.807, 2.05) is 30.3 Å². The molecule has 0 spiro atoms. The van der Waals surface area contributed by atoms with Crippen molar-refractivity contribution >= 4 is 22.7 Å². The second-order valence-corrected chi connectivity index (χ2v) is 5.88. The molecule has 2 aromatic heterocycles. The van der Waals surface area contributed by atoms with Gasteiger partial charge >= 0.3 is 5.76 Å². The molecule has 0 saturated heterocycles. The fourth-order valence-electron chi connectivity index (χ4n) is 2.71. The van der Waals surface area contributed by atoms with Crippen LogP contribution in [0.1, 0.15) is 5.69 Å². The van der Waals surface area contributed by atoms with Crippen molar-refractivity contribution in [3.8, 4) is 11.3 Å². The lowest BCUT2D eigenvalue weighted by Gasteiger charge is -2.04. The van der Waals surface area contributed by atoms with E-state index < -0.39 is 5.76 Å². The quantitative estimate of drug-likeness (QED) is 0.612. The van der Waals surface area contributed by atoms with Crippen LogP contribution in [0.4, 0.5) is 5.69 Å². The third-order valence-corrected chi connectivity index (χ3v) is 4.03. The average molecular weight is 349 g/mol. The number of nitrogens with zero attached hydrogens (tertiary/aromatic N) is 2. The maximum absolute atomic E-state index is 12.3. The minimum Gasteiger partial charge on any atom is -0.408 e. The minimum atomic E-state index is -0.445. The van der Waals surface area contributed by atoms with Crippen LogP contribution in [0.5, 0.6) is 0 Å². The Balaban J connectivity index is 1.48. The first-order chi connectivity index (χ1) is 12.6. The van der Waals surface area contributed by atoms with Gasteiger partial charge in [0, 0.05) is 24.4 Å². The molecule has 1 N–H and O–H groups in total. The molecule has 1 amide bonds. The maximum Gasteiger partial charge on any atom is 0.419 e. The van der Waals surface area contributed by atoms with Crippen molar-refractivity contribution in [2.45, 2.75) is 6.42 Å². The molecular formula is C19H15N3O4. The van der Waals surface area contributed by atoms with Crippen molar-refractivity contribution < 1.29 is 13.7 Å². The molecule has 7 heteroatoms. The van der Waals surface area contributed by atoms with E-state index in [2.05, 4.69) is 10.5 Å². The zero-order valence-corrected chi connectivity index (χ0v) is 13.9. The summed E-state index contributed by atoms with van der Waals surface area (Å²) in [7, 11) is 1.61. The number of anilines is 1. The number of carbonyl (C=O) groups is 1. The van der Waals surface area contributed by atoms with Crippen LogP contribution < -0.4 is 11.1 Å². The van der Waals surface area contributed by atoms with E-state index in [-0.39, 0.29) is 12.3 Å². The number of carbonyl (C=O) groups excluding carboxylic acids is 1. The van der Waals surface area contributed by atoms with Crippen LogP contribution in [-0.4, -0.2) is 15.6 Å². The number of nitrogens with one attached hydrogen (secondary N) is 1. The first-order valence-corrected chi connectivity index (χ1v) is 8.00. The Kier molecular flexibility index (Phi) is 3.89. The number of hydrogen-bond acceptors (Lipinski definition) is 5. The van der Waals surface area contributed by atoms with E-state index in [0.29, 0.717) is 28.2 Å². The summed E-state index contributed by atoms with van der Waals surface area (Å²) in [6.45, 7) is 0. The van der Waals surface area contributed by atoms with Gasteiger partial charge in [-0.25, -0.2) is 4.79 Å². The minimum absolute atomic E-state index is 0.0820. The Morgan fingerprint density at radius 3 is 2.77 bits per heavy atom. The highest BCUT2D eigenvalue weighted by Gasteiger charge is 2.12. The zero-order chi connectivity index (χ0) is 18.1. The molecular weight excluding hydrogens is 334 g/mol. The van der Waals surface area contributed by atoms with Crippen LogP contribution in [0, 0.1) is 0 Å². The lowest BCUT2D eigenvalue weighted by atomic mass is 10.1. The Bertz CT molecular complexity index is 1140. The molecule has 0 aliphatic rings. The first-order valence-electron chi connectivity index (χ1n) is 8.00. The lowest BCUT2D eigenvalue weighted by Crippen LogP contribution is -2.14. The molecule has 0 unspecified atom stereocenters. The summed E-state index contributed by atoms with van der Waals surface area (Å²) in [5.74, 6) is -0.0616. The molecule has 4 aromatic rings. The maximum atomic E-state index is 12.3. The van der Waals surface area contributed by atoms with Gasteiger partial charge in [-0.3, -0.25) is 9.36 Å². The second-order valence-electron chi connectivity index (χ2n) is 5.88. The van der Waals surface area contributed by atoms with Crippen LogP contribution in [0.3, 0.4) is 0 Å². The van der Waals surface area contributed by atoms with E-state index in [4.69, 9.17) is 8.94 Å². The zero-order valence-electron chi connectivity index (χ0n) is 13.9. The average Bonchev–Trinajstić information content (AvgIpc) is 3.21. The fraction of sp³-hybridized carbons (Fsp3) is 0.105. The topological polar surface area (TPSA) is 90.3 Å². The van der Waals surface area contributed by atoms with Crippen LogP contribution in [0.2, 0.25) is 0 Å². The molecule has 0 aliphatic carbocycles. The number of oxazole rings is 1. The smallest absolute Gasteiger partial charge is 0.408 e. The van der Waals surface area contributed by atoms with Gasteiger partial charge in [-0.2, -0.15) is 0 Å². The number of aromatic nitrogens is 2. The van der Waals surface area contributed by atoms with Crippen LogP contribution in [-0.2, 0) is 18.3 Å². The molecule has 0 saturated carbocycles. The van der Waals surface area contributed by atoms with Gasteiger partial charge < -0.3 is 14.3 Å². The van der Waals surface area contributed by atoms with Gasteiger partial charge in [-0.15, -0.1) is 0 Å². The van der Waals surface area contributed by atoms with Crippen LogP contribution in [0.25, 0.3) is 22.4 Å². The van der Waals surface area contributed by atoms with Gasteiger partial charge in [-0.05, 0) is 18.2 Å². The van der Waals surface area contributed by atoms with Crippen molar-refractivity contribution in [1.29, 1.82) is 0 Å². The molecule has 0 fully saturated rings. The van der Waals surface area contributed by atoms with Gasteiger partial charge in [0.25, 0.3) is 0 Å². The normalized spacial score (nSPS) is 11.0. The second kappa shape index (κ2) is 6.36. The summed E-state index contributed by atoms with van der Waals surface area (Å²) in [6, 6.07) is 16.3. The van der Waals surface area contributed by atoms with Crippen LogP contribution in [0.15, 0.2) is 68.3 Å². The SMILES string of the molecule is Cn1c(=O)oc2ccc(NC(=O)Cc3cc(-c4ccccc4)on3)cc21. The molecule has 0 radical (unpaired) electrons. The third-order valence-electron chi connectivity index (χ3n) is 4.03. The van der Waals surface area contributed by atoms with Crippen molar-refractivity contribution in [3.05, 3.63) is 70.8 Å². The van der Waals surface area contributed by atoms with Gasteiger partial charge in [0.05, 0.1) is 17.6 Å². The number of fused-ring (bicyclic) bond motifs is 1. The Labute approximate surface area is 147 Å². The number of amides is 1. The molecule has 0 atom stereocenters. The summed E-state index contributed by atoms with van der Waals surface area (Å²) in [6.07, 6.45) is 0.0820. The van der Waals surface area contributed by atoms with Gasteiger partial charge in [0.1, 0.15) is 0 Å². The lowest BCUT2D eigenvalue weighted by molar-refractivity contribution is -0.115. The van der Waals surface area contributed by atoms with Gasteiger partial charge in [0.2, 0.25) is 5.91 Å². The third kappa shape index (κ3) is 3.02. The van der Waals surface area contributed by atoms with Crippen molar-refractivity contribution in [3.63, 3.8) is 0 Å². The monoisotopic (exact) mass is 349 g/mol. The van der Waals surface area contributed by atoms with Crippen molar-refractivity contribution in [1.82, 2.24) is 9.72 Å². The highest BCUT2D eigenvalue weighted by Crippen LogP contribution is 2.21. The molecule has 7 nitrogen and oxygen atoms in total. The first kappa shape index (κ1) is 15.9. The molecule has 0 bridgehead atoms. The van der Waals surface area contributed by atoms with Gasteiger partial charge in [0.15, 0.2) is 11.3 Å². The van der Waals surface area contributed by atoms with E-state index in [1.54, 1.807) is 31.3 Å². The predicted octanol–water partition coefficient (Wildman–Crippen LogP) is 2.97. The van der Waals surface area contributed by atoms with E-state index in [0.717, 1.165) is 5.56 Å². The van der Waals surface area contributed by atoms with Gasteiger partial charge in [-0.1, -0.05) is 35.5 Å². The van der Waals surface area contributed by atoms with E-state index >= 15 is 0 Å². The molecule has 0 aliphatic heterocycles. The highest BCUT2D eigenvalue weighted by molar-refractivity contribution is 5.94. The van der Waals surface area contributed by atoms with E-state index in [1.165, 1.54) is 4.57 Å². The summed E-state index contributed by atoms with van der Waals surface area (Å²) in [5.41, 5.74) is 3.10. The summed E-state index contributed by atoms with van der Waals surface area (Å²) in [4.78, 5) is 23.8. The molecule has 4 rings (SSSR count). The van der Waals surface area contributed by atoms with E-state index in [9.17, 15) is 9.59 Å². The van der Waals surface area contributed by atoms with Crippen LogP contribution >= 0.6 is 0 Å². The molecule has 2 aromatic carbocycles. The predicted molar refractivity (Wildman–Crippen MR) is 95.7 cm³/mol. The number of benzene rings is 2. The summed E-state index contributed by atoms with van der Waals surface area (Å²) in [5, 5.41) is 6.74. The largest absolute Gasteiger partial charge is 0.419 e. The highest BCUT2D eigenvalue weighted by atomic mass is 16.5. The number of hydrogen-bond donors (Lipinski definition) is 1. The molecule has 130 valence electrons. The van der Waals surface area contributed by atoms with Crippen molar-refractivity contribution in [2.24, 2.45) is 7.05 Å². The van der Waals surface area contributed by atoms with Crippen molar-refractivity contribution in [2.75, 3.05) is 5.32 Å². The summed E-state index contributed by atoms with van der Waals surface area (Å²) >= 11 is 0.